The molecule has 1 N–H and O–H groups in total. The number of hydrogen-bond donors (Lipinski definition) is 1. The van der Waals surface area contributed by atoms with Crippen molar-refractivity contribution in [2.24, 2.45) is 7.05 Å². The first kappa shape index (κ1) is 17.8. The molecule has 0 fully saturated rings. The average molecular weight is 330 g/mol. The smallest absolute Gasteiger partial charge is 0.321 e. The van der Waals surface area contributed by atoms with Crippen LogP contribution in [0.3, 0.4) is 0 Å². The number of carbonyl (C=O) groups excluding carboxylic acids is 1. The van der Waals surface area contributed by atoms with Crippen LogP contribution in [0.1, 0.15) is 25.8 Å². The van der Waals surface area contributed by atoms with Gasteiger partial charge in [-0.2, -0.15) is 5.10 Å². The first-order valence-corrected chi connectivity index (χ1v) is 8.20. The summed E-state index contributed by atoms with van der Waals surface area (Å²) < 4.78 is 7.43. The summed E-state index contributed by atoms with van der Waals surface area (Å²) >= 11 is 0. The lowest BCUT2D eigenvalue weighted by atomic mass is 10.2. The summed E-state index contributed by atoms with van der Waals surface area (Å²) in [5.41, 5.74) is 1.92. The Hall–Kier alpha value is -2.50. The van der Waals surface area contributed by atoms with Crippen molar-refractivity contribution in [1.82, 2.24) is 14.7 Å². The lowest BCUT2D eigenvalue weighted by Crippen LogP contribution is -2.32. The standard InChI is InChI=1S/C18H26N4O2/c1-14(2)24-17-9-5-8-16(11-17)20-18(23)21(3)10-6-7-15-12-19-22(4)13-15/h5,8-9,11-14H,6-7,10H2,1-4H3,(H,20,23). The number of hydrogen-bond acceptors (Lipinski definition) is 3. The molecule has 0 saturated heterocycles. The molecular weight excluding hydrogens is 304 g/mol. The first-order valence-electron chi connectivity index (χ1n) is 8.20. The van der Waals surface area contributed by atoms with Crippen molar-refractivity contribution in [3.8, 4) is 5.75 Å². The Morgan fingerprint density at radius 3 is 2.88 bits per heavy atom. The van der Waals surface area contributed by atoms with Gasteiger partial charge in [0.15, 0.2) is 0 Å². The Morgan fingerprint density at radius 1 is 1.42 bits per heavy atom. The molecule has 0 bridgehead atoms. The Morgan fingerprint density at radius 2 is 2.21 bits per heavy atom. The number of carbonyl (C=O) groups is 1. The summed E-state index contributed by atoms with van der Waals surface area (Å²) in [6, 6.07) is 7.32. The molecule has 130 valence electrons. The molecule has 1 aromatic heterocycles. The van der Waals surface area contributed by atoms with E-state index >= 15 is 0 Å². The third-order valence-electron chi connectivity index (χ3n) is 3.52. The number of nitrogens with one attached hydrogen (secondary N) is 1. The fourth-order valence-corrected chi connectivity index (χ4v) is 2.36. The number of benzene rings is 1. The van der Waals surface area contributed by atoms with Gasteiger partial charge in [-0.3, -0.25) is 4.68 Å². The lowest BCUT2D eigenvalue weighted by molar-refractivity contribution is 0.222. The van der Waals surface area contributed by atoms with Crippen molar-refractivity contribution in [3.05, 3.63) is 42.2 Å². The molecule has 0 radical (unpaired) electrons. The highest BCUT2D eigenvalue weighted by Gasteiger charge is 2.09. The second-order valence-corrected chi connectivity index (χ2v) is 6.17. The molecule has 0 saturated carbocycles. The predicted molar refractivity (Wildman–Crippen MR) is 95.4 cm³/mol. The second-order valence-electron chi connectivity index (χ2n) is 6.17. The van der Waals surface area contributed by atoms with Crippen molar-refractivity contribution < 1.29 is 9.53 Å². The van der Waals surface area contributed by atoms with Gasteiger partial charge in [0.1, 0.15) is 5.75 Å². The average Bonchev–Trinajstić information content (AvgIpc) is 2.92. The van der Waals surface area contributed by atoms with Gasteiger partial charge in [-0.25, -0.2) is 4.79 Å². The van der Waals surface area contributed by atoms with Crippen LogP contribution in [-0.4, -0.2) is 40.4 Å². The summed E-state index contributed by atoms with van der Waals surface area (Å²) in [5, 5.41) is 7.04. The molecule has 1 aromatic carbocycles. The molecular formula is C18H26N4O2. The summed E-state index contributed by atoms with van der Waals surface area (Å²) in [6.45, 7) is 4.63. The molecule has 2 rings (SSSR count). The number of nitrogens with zero attached hydrogens (tertiary/aromatic N) is 3. The van der Waals surface area contributed by atoms with Crippen LogP contribution in [0.15, 0.2) is 36.7 Å². The fourth-order valence-electron chi connectivity index (χ4n) is 2.36. The van der Waals surface area contributed by atoms with Gasteiger partial charge in [-0.15, -0.1) is 0 Å². The van der Waals surface area contributed by atoms with Gasteiger partial charge in [0.2, 0.25) is 0 Å². The molecule has 0 aliphatic rings. The van der Waals surface area contributed by atoms with E-state index in [1.807, 2.05) is 57.6 Å². The van der Waals surface area contributed by atoms with E-state index in [-0.39, 0.29) is 12.1 Å². The molecule has 6 nitrogen and oxygen atoms in total. The van der Waals surface area contributed by atoms with Crippen LogP contribution in [0.25, 0.3) is 0 Å². The number of aryl methyl sites for hydroxylation is 2. The van der Waals surface area contributed by atoms with Crippen LogP contribution in [0.2, 0.25) is 0 Å². The van der Waals surface area contributed by atoms with E-state index in [4.69, 9.17) is 4.74 Å². The molecule has 0 aliphatic carbocycles. The highest BCUT2D eigenvalue weighted by Crippen LogP contribution is 2.18. The summed E-state index contributed by atoms with van der Waals surface area (Å²) in [5.74, 6) is 0.752. The van der Waals surface area contributed by atoms with Gasteiger partial charge in [0, 0.05) is 38.6 Å². The van der Waals surface area contributed by atoms with E-state index in [0.717, 1.165) is 24.3 Å². The number of urea groups is 1. The van der Waals surface area contributed by atoms with E-state index in [2.05, 4.69) is 10.4 Å². The van der Waals surface area contributed by atoms with E-state index in [0.29, 0.717) is 6.54 Å². The summed E-state index contributed by atoms with van der Waals surface area (Å²) in [7, 11) is 3.70. The Labute approximate surface area is 143 Å². The van der Waals surface area contributed by atoms with Crippen LogP contribution >= 0.6 is 0 Å². The normalized spacial score (nSPS) is 10.7. The van der Waals surface area contributed by atoms with E-state index in [9.17, 15) is 4.79 Å². The van der Waals surface area contributed by atoms with Gasteiger partial charge in [0.05, 0.1) is 12.3 Å². The SMILES string of the molecule is CC(C)Oc1cccc(NC(=O)N(C)CCCc2cnn(C)c2)c1. The van der Waals surface area contributed by atoms with Gasteiger partial charge < -0.3 is 15.0 Å². The molecule has 0 atom stereocenters. The lowest BCUT2D eigenvalue weighted by Gasteiger charge is -2.18. The van der Waals surface area contributed by atoms with Crippen LogP contribution in [0.5, 0.6) is 5.75 Å². The molecule has 1 heterocycles. The van der Waals surface area contributed by atoms with Gasteiger partial charge >= 0.3 is 6.03 Å². The Balaban J connectivity index is 1.80. The maximum atomic E-state index is 12.2. The highest BCUT2D eigenvalue weighted by molar-refractivity contribution is 5.89. The molecule has 2 aromatic rings. The Kier molecular flexibility index (Phi) is 6.23. The maximum Gasteiger partial charge on any atom is 0.321 e. The zero-order valence-electron chi connectivity index (χ0n) is 14.8. The van der Waals surface area contributed by atoms with E-state index in [1.54, 1.807) is 16.6 Å². The molecule has 0 unspecified atom stereocenters. The third-order valence-corrected chi connectivity index (χ3v) is 3.52. The van der Waals surface area contributed by atoms with Crippen molar-refractivity contribution in [3.63, 3.8) is 0 Å². The van der Waals surface area contributed by atoms with Gasteiger partial charge in [0.25, 0.3) is 0 Å². The minimum atomic E-state index is -0.122. The molecule has 24 heavy (non-hydrogen) atoms. The van der Waals surface area contributed by atoms with E-state index < -0.39 is 0 Å². The van der Waals surface area contributed by atoms with Crippen LogP contribution in [0, 0.1) is 0 Å². The minimum absolute atomic E-state index is 0.103. The fraction of sp³-hybridized carbons (Fsp3) is 0.444. The van der Waals surface area contributed by atoms with Crippen molar-refractivity contribution >= 4 is 11.7 Å². The molecule has 0 aliphatic heterocycles. The largest absolute Gasteiger partial charge is 0.491 e. The van der Waals surface area contributed by atoms with Gasteiger partial charge in [-0.1, -0.05) is 6.07 Å². The predicted octanol–water partition coefficient (Wildman–Crippen LogP) is 3.30. The molecule has 2 amide bonds. The topological polar surface area (TPSA) is 59.4 Å². The van der Waals surface area contributed by atoms with Crippen molar-refractivity contribution in [2.45, 2.75) is 32.8 Å². The Bertz CT molecular complexity index is 667. The summed E-state index contributed by atoms with van der Waals surface area (Å²) in [6.07, 6.45) is 5.77. The first-order chi connectivity index (χ1) is 11.4. The maximum absolute atomic E-state index is 12.2. The molecule has 0 spiro atoms. The van der Waals surface area contributed by atoms with Crippen molar-refractivity contribution in [1.29, 1.82) is 0 Å². The second kappa shape index (κ2) is 8.38. The zero-order valence-corrected chi connectivity index (χ0v) is 14.8. The third kappa shape index (κ3) is 5.61. The number of aromatic nitrogens is 2. The van der Waals surface area contributed by atoms with E-state index in [1.165, 1.54) is 5.56 Å². The molecule has 6 heteroatoms. The van der Waals surface area contributed by atoms with Crippen LogP contribution in [-0.2, 0) is 13.5 Å². The monoisotopic (exact) mass is 330 g/mol. The van der Waals surface area contributed by atoms with Crippen LogP contribution in [0.4, 0.5) is 10.5 Å². The minimum Gasteiger partial charge on any atom is -0.491 e. The number of anilines is 1. The number of amides is 2. The van der Waals surface area contributed by atoms with Crippen molar-refractivity contribution in [2.75, 3.05) is 18.9 Å². The summed E-state index contributed by atoms with van der Waals surface area (Å²) in [4.78, 5) is 13.9. The highest BCUT2D eigenvalue weighted by atomic mass is 16.5. The number of rotatable bonds is 7. The van der Waals surface area contributed by atoms with Gasteiger partial charge in [-0.05, 0) is 44.4 Å². The number of ether oxygens (including phenoxy) is 1. The zero-order chi connectivity index (χ0) is 17.5. The quantitative estimate of drug-likeness (QED) is 0.847. The van der Waals surface area contributed by atoms with Crippen LogP contribution < -0.4 is 10.1 Å².